The quantitative estimate of drug-likeness (QED) is 0.630. The molecule has 0 N–H and O–H groups in total. The maximum atomic E-state index is 12.0. The lowest BCUT2D eigenvalue weighted by atomic mass is 10.00. The first-order valence-electron chi connectivity index (χ1n) is 7.00. The van der Waals surface area contributed by atoms with Gasteiger partial charge in [0, 0.05) is 11.1 Å². The molecule has 21 heavy (non-hydrogen) atoms. The van der Waals surface area contributed by atoms with Crippen molar-refractivity contribution in [1.82, 2.24) is 0 Å². The molecule has 1 aliphatic heterocycles. The molecule has 1 aromatic rings. The number of ether oxygens (including phenoxy) is 2. The van der Waals surface area contributed by atoms with Crippen molar-refractivity contribution >= 4 is 17.8 Å². The lowest BCUT2D eigenvalue weighted by Crippen LogP contribution is -2.27. The van der Waals surface area contributed by atoms with Gasteiger partial charge < -0.3 is 9.47 Å². The zero-order chi connectivity index (χ0) is 15.6. The second kappa shape index (κ2) is 5.72. The standard InChI is InChI=1S/C17H20O4/c1-11(2)16(19)20-10-14(18)12-5-6-15-13(9-12)7-8-17(3,4)21-15/h5-9,11H,10H2,1-4H3. The van der Waals surface area contributed by atoms with Crippen molar-refractivity contribution in [2.45, 2.75) is 33.3 Å². The van der Waals surface area contributed by atoms with E-state index in [0.717, 1.165) is 11.3 Å². The first-order chi connectivity index (χ1) is 9.78. The third-order valence-corrected chi connectivity index (χ3v) is 3.19. The highest BCUT2D eigenvalue weighted by atomic mass is 16.5. The van der Waals surface area contributed by atoms with Gasteiger partial charge in [0.2, 0.25) is 0 Å². The molecule has 0 spiro atoms. The number of ketones is 1. The Morgan fingerprint density at radius 1 is 1.29 bits per heavy atom. The highest BCUT2D eigenvalue weighted by Gasteiger charge is 2.22. The molecule has 0 bridgehead atoms. The van der Waals surface area contributed by atoms with Crippen molar-refractivity contribution < 1.29 is 19.1 Å². The van der Waals surface area contributed by atoms with Gasteiger partial charge in [0.1, 0.15) is 11.4 Å². The lowest BCUT2D eigenvalue weighted by molar-refractivity contribution is -0.146. The molecule has 2 rings (SSSR count). The molecule has 0 unspecified atom stereocenters. The van der Waals surface area contributed by atoms with Crippen LogP contribution in [-0.4, -0.2) is 24.0 Å². The molecule has 1 heterocycles. The molecule has 0 fully saturated rings. The van der Waals surface area contributed by atoms with Crippen LogP contribution >= 0.6 is 0 Å². The van der Waals surface area contributed by atoms with Crippen LogP contribution in [0.1, 0.15) is 43.6 Å². The summed E-state index contributed by atoms with van der Waals surface area (Å²) in [6, 6.07) is 5.23. The lowest BCUT2D eigenvalue weighted by Gasteiger charge is -2.27. The SMILES string of the molecule is CC(C)C(=O)OCC(=O)c1ccc2c(c1)C=CC(C)(C)O2. The van der Waals surface area contributed by atoms with Gasteiger partial charge in [-0.3, -0.25) is 9.59 Å². The molecule has 0 aromatic heterocycles. The Bertz CT molecular complexity index is 597. The van der Waals surface area contributed by atoms with E-state index in [9.17, 15) is 9.59 Å². The van der Waals surface area contributed by atoms with E-state index in [4.69, 9.17) is 9.47 Å². The van der Waals surface area contributed by atoms with E-state index in [2.05, 4.69) is 0 Å². The van der Waals surface area contributed by atoms with E-state index in [0.29, 0.717) is 5.56 Å². The zero-order valence-electron chi connectivity index (χ0n) is 12.8. The summed E-state index contributed by atoms with van der Waals surface area (Å²) in [5.41, 5.74) is 1.03. The predicted molar refractivity (Wildman–Crippen MR) is 80.3 cm³/mol. The Labute approximate surface area is 124 Å². The maximum Gasteiger partial charge on any atom is 0.308 e. The first kappa shape index (κ1) is 15.3. The third kappa shape index (κ3) is 3.72. The molecule has 1 aromatic carbocycles. The van der Waals surface area contributed by atoms with Crippen LogP contribution in [0.4, 0.5) is 0 Å². The number of hydrogen-bond donors (Lipinski definition) is 0. The first-order valence-corrected chi connectivity index (χ1v) is 7.00. The second-order valence-electron chi connectivity index (χ2n) is 5.98. The molecule has 0 saturated heterocycles. The second-order valence-corrected chi connectivity index (χ2v) is 5.98. The summed E-state index contributed by atoms with van der Waals surface area (Å²) >= 11 is 0. The molecule has 1 aliphatic rings. The largest absolute Gasteiger partial charge is 0.483 e. The summed E-state index contributed by atoms with van der Waals surface area (Å²) < 4.78 is 10.8. The number of rotatable bonds is 4. The van der Waals surface area contributed by atoms with Crippen LogP contribution in [0, 0.1) is 5.92 Å². The van der Waals surface area contributed by atoms with Crippen LogP contribution < -0.4 is 4.74 Å². The van der Waals surface area contributed by atoms with E-state index in [-0.39, 0.29) is 29.9 Å². The Morgan fingerprint density at radius 2 is 2.00 bits per heavy atom. The van der Waals surface area contributed by atoms with Crippen molar-refractivity contribution in [2.75, 3.05) is 6.61 Å². The number of esters is 1. The van der Waals surface area contributed by atoms with E-state index >= 15 is 0 Å². The van der Waals surface area contributed by atoms with Gasteiger partial charge in [0.25, 0.3) is 0 Å². The molecule has 0 atom stereocenters. The van der Waals surface area contributed by atoms with Gasteiger partial charge in [-0.15, -0.1) is 0 Å². The number of benzene rings is 1. The summed E-state index contributed by atoms with van der Waals surface area (Å²) in [5, 5.41) is 0. The van der Waals surface area contributed by atoms with E-state index < -0.39 is 0 Å². The van der Waals surface area contributed by atoms with E-state index in [1.54, 1.807) is 32.0 Å². The molecule has 4 nitrogen and oxygen atoms in total. The number of carbonyl (C=O) groups is 2. The van der Waals surface area contributed by atoms with Crippen LogP contribution in [-0.2, 0) is 9.53 Å². The van der Waals surface area contributed by atoms with Crippen LogP contribution in [0.25, 0.3) is 6.08 Å². The van der Waals surface area contributed by atoms with Crippen molar-refractivity contribution in [3.8, 4) is 5.75 Å². The maximum absolute atomic E-state index is 12.0. The van der Waals surface area contributed by atoms with E-state index in [1.165, 1.54) is 0 Å². The molecule has 4 heteroatoms. The summed E-state index contributed by atoms with van der Waals surface area (Å²) in [4.78, 5) is 23.4. The molecule has 0 saturated carbocycles. The van der Waals surface area contributed by atoms with Gasteiger partial charge in [-0.25, -0.2) is 0 Å². The molecule has 112 valence electrons. The molecule has 0 aliphatic carbocycles. The highest BCUT2D eigenvalue weighted by molar-refractivity contribution is 5.98. The van der Waals surface area contributed by atoms with Gasteiger partial charge in [0.15, 0.2) is 12.4 Å². The molecule has 0 amide bonds. The highest BCUT2D eigenvalue weighted by Crippen LogP contribution is 2.31. The van der Waals surface area contributed by atoms with Crippen molar-refractivity contribution in [3.63, 3.8) is 0 Å². The van der Waals surface area contributed by atoms with Gasteiger partial charge in [0.05, 0.1) is 5.92 Å². The predicted octanol–water partition coefficient (Wildman–Crippen LogP) is 3.25. The molecular formula is C17H20O4. The smallest absolute Gasteiger partial charge is 0.308 e. The molecular weight excluding hydrogens is 268 g/mol. The van der Waals surface area contributed by atoms with Crippen molar-refractivity contribution in [1.29, 1.82) is 0 Å². The normalized spacial score (nSPS) is 15.3. The minimum Gasteiger partial charge on any atom is -0.483 e. The van der Waals surface area contributed by atoms with Gasteiger partial charge >= 0.3 is 5.97 Å². The van der Waals surface area contributed by atoms with Crippen LogP contribution in [0.5, 0.6) is 5.75 Å². The van der Waals surface area contributed by atoms with E-state index in [1.807, 2.05) is 26.0 Å². The Kier molecular flexibility index (Phi) is 4.16. The fourth-order valence-corrected chi connectivity index (χ4v) is 1.94. The number of Topliss-reactive ketones (excluding diaryl/α,β-unsaturated/α-hetero) is 1. The Balaban J connectivity index is 2.09. The Morgan fingerprint density at radius 3 is 2.67 bits per heavy atom. The summed E-state index contributed by atoms with van der Waals surface area (Å²) in [5.74, 6) is -0.0746. The number of carbonyl (C=O) groups excluding carboxylic acids is 2. The third-order valence-electron chi connectivity index (χ3n) is 3.19. The number of hydrogen-bond acceptors (Lipinski definition) is 4. The Hall–Kier alpha value is -2.10. The van der Waals surface area contributed by atoms with Gasteiger partial charge in [-0.05, 0) is 38.1 Å². The van der Waals surface area contributed by atoms with Crippen LogP contribution in [0.3, 0.4) is 0 Å². The fourth-order valence-electron chi connectivity index (χ4n) is 1.94. The summed E-state index contributed by atoms with van der Waals surface area (Å²) in [7, 11) is 0. The number of fused-ring (bicyclic) bond motifs is 1. The average Bonchev–Trinajstić information content (AvgIpc) is 2.42. The van der Waals surface area contributed by atoms with Crippen LogP contribution in [0.15, 0.2) is 24.3 Å². The minimum absolute atomic E-state index is 0.218. The monoisotopic (exact) mass is 288 g/mol. The zero-order valence-corrected chi connectivity index (χ0v) is 12.8. The average molecular weight is 288 g/mol. The van der Waals surface area contributed by atoms with Crippen molar-refractivity contribution in [3.05, 3.63) is 35.4 Å². The van der Waals surface area contributed by atoms with Crippen molar-refractivity contribution in [2.24, 2.45) is 5.92 Å². The minimum atomic E-state index is -0.369. The topological polar surface area (TPSA) is 52.6 Å². The summed E-state index contributed by atoms with van der Waals surface area (Å²) in [6.45, 7) is 7.17. The van der Waals surface area contributed by atoms with Gasteiger partial charge in [-0.2, -0.15) is 0 Å². The fraction of sp³-hybridized carbons (Fsp3) is 0.412. The van der Waals surface area contributed by atoms with Crippen LogP contribution in [0.2, 0.25) is 0 Å². The molecule has 0 radical (unpaired) electrons. The van der Waals surface area contributed by atoms with Gasteiger partial charge in [-0.1, -0.05) is 19.9 Å². The summed E-state index contributed by atoms with van der Waals surface area (Å²) in [6.07, 6.45) is 3.89.